The Morgan fingerprint density at radius 2 is 1.25 bits per heavy atom. The fourth-order valence-corrected chi connectivity index (χ4v) is 4.67. The van der Waals surface area contributed by atoms with Crippen molar-refractivity contribution in [3.8, 4) is 0 Å². The molecule has 0 heterocycles. The summed E-state index contributed by atoms with van der Waals surface area (Å²) in [7, 11) is 2.43. The quantitative estimate of drug-likeness (QED) is 0.621. The summed E-state index contributed by atoms with van der Waals surface area (Å²) in [6.07, 6.45) is 16.3. The van der Waals surface area contributed by atoms with Gasteiger partial charge in [0.15, 0.2) is 0 Å². The summed E-state index contributed by atoms with van der Waals surface area (Å²) >= 11 is 0. The van der Waals surface area contributed by atoms with Gasteiger partial charge in [-0.3, -0.25) is 0 Å². The van der Waals surface area contributed by atoms with E-state index in [2.05, 4.69) is 25.8 Å². The van der Waals surface area contributed by atoms with Crippen molar-refractivity contribution in [2.75, 3.05) is 13.6 Å². The van der Waals surface area contributed by atoms with Crippen LogP contribution in [0.1, 0.15) is 84.5 Å². The molecule has 0 radical (unpaired) electrons. The highest BCUT2D eigenvalue weighted by Crippen LogP contribution is 2.38. The molecule has 0 amide bonds. The topological polar surface area (TPSA) is 3.24 Å². The van der Waals surface area contributed by atoms with Gasteiger partial charge in [-0.1, -0.05) is 52.4 Å². The first kappa shape index (κ1) is 16.3. The summed E-state index contributed by atoms with van der Waals surface area (Å²) in [6.45, 7) is 6.05. The Labute approximate surface area is 127 Å². The fraction of sp³-hybridized carbons (Fsp3) is 1.00. The lowest BCUT2D eigenvalue weighted by Gasteiger charge is -2.43. The number of hydrogen-bond donors (Lipinski definition) is 0. The second-order valence-electron chi connectivity index (χ2n) is 7.95. The van der Waals surface area contributed by atoms with Crippen LogP contribution < -0.4 is 0 Å². The van der Waals surface area contributed by atoms with Crippen molar-refractivity contribution in [1.82, 2.24) is 4.90 Å². The minimum absolute atomic E-state index is 0.843. The maximum absolute atomic E-state index is 2.77. The standard InChI is InChI=1S/C19H37N/c1-16(2)14-15-20(3)19(17-10-6-4-7-11-17)18-12-8-5-9-13-18/h16-19H,4-15H2,1-3H3. The molecule has 2 aliphatic carbocycles. The third kappa shape index (κ3) is 4.76. The van der Waals surface area contributed by atoms with Gasteiger partial charge in [-0.05, 0) is 63.5 Å². The molecule has 0 atom stereocenters. The van der Waals surface area contributed by atoms with Crippen LogP contribution in [-0.4, -0.2) is 24.5 Å². The zero-order valence-electron chi connectivity index (χ0n) is 14.2. The first-order valence-electron chi connectivity index (χ1n) is 9.38. The van der Waals surface area contributed by atoms with Gasteiger partial charge < -0.3 is 4.90 Å². The van der Waals surface area contributed by atoms with Crippen LogP contribution in [0.25, 0.3) is 0 Å². The van der Waals surface area contributed by atoms with E-state index in [1.807, 2.05) is 0 Å². The molecule has 0 bridgehead atoms. The molecular weight excluding hydrogens is 242 g/mol. The lowest BCUT2D eigenvalue weighted by molar-refractivity contribution is 0.0698. The molecule has 0 saturated heterocycles. The summed E-state index contributed by atoms with van der Waals surface area (Å²) < 4.78 is 0. The lowest BCUT2D eigenvalue weighted by atomic mass is 9.73. The normalized spacial score (nSPS) is 23.1. The van der Waals surface area contributed by atoms with Crippen LogP contribution >= 0.6 is 0 Å². The lowest BCUT2D eigenvalue weighted by Crippen LogP contribution is -2.45. The van der Waals surface area contributed by atoms with Crippen LogP contribution in [0.5, 0.6) is 0 Å². The van der Waals surface area contributed by atoms with Crippen LogP contribution in [-0.2, 0) is 0 Å². The number of nitrogens with zero attached hydrogens (tertiary/aromatic N) is 1. The Balaban J connectivity index is 1.97. The van der Waals surface area contributed by atoms with E-state index in [9.17, 15) is 0 Å². The molecule has 2 fully saturated rings. The van der Waals surface area contributed by atoms with Crippen LogP contribution in [0.15, 0.2) is 0 Å². The van der Waals surface area contributed by atoms with E-state index in [1.54, 1.807) is 0 Å². The van der Waals surface area contributed by atoms with Crippen molar-refractivity contribution in [3.63, 3.8) is 0 Å². The molecule has 1 heteroatoms. The molecule has 0 aromatic rings. The van der Waals surface area contributed by atoms with Gasteiger partial charge in [0.25, 0.3) is 0 Å². The van der Waals surface area contributed by atoms with Gasteiger partial charge >= 0.3 is 0 Å². The zero-order chi connectivity index (χ0) is 14.4. The van der Waals surface area contributed by atoms with Gasteiger partial charge in [0.2, 0.25) is 0 Å². The third-order valence-corrected chi connectivity index (χ3v) is 5.83. The molecule has 2 rings (SSSR count). The van der Waals surface area contributed by atoms with Crippen molar-refractivity contribution >= 4 is 0 Å². The third-order valence-electron chi connectivity index (χ3n) is 5.83. The predicted molar refractivity (Wildman–Crippen MR) is 89.0 cm³/mol. The van der Waals surface area contributed by atoms with Crippen LogP contribution in [0.4, 0.5) is 0 Å². The fourth-order valence-electron chi connectivity index (χ4n) is 4.67. The molecule has 0 unspecified atom stereocenters. The van der Waals surface area contributed by atoms with E-state index in [1.165, 1.54) is 77.2 Å². The first-order chi connectivity index (χ1) is 9.68. The van der Waals surface area contributed by atoms with E-state index < -0.39 is 0 Å². The average molecular weight is 280 g/mol. The Morgan fingerprint density at radius 3 is 1.65 bits per heavy atom. The Morgan fingerprint density at radius 1 is 0.800 bits per heavy atom. The van der Waals surface area contributed by atoms with Gasteiger partial charge in [0.05, 0.1) is 0 Å². The molecule has 0 aromatic carbocycles. The van der Waals surface area contributed by atoms with E-state index in [0.29, 0.717) is 0 Å². The highest BCUT2D eigenvalue weighted by molar-refractivity contribution is 4.87. The minimum Gasteiger partial charge on any atom is -0.303 e. The van der Waals surface area contributed by atoms with Crippen molar-refractivity contribution in [1.29, 1.82) is 0 Å². The maximum Gasteiger partial charge on any atom is 0.0149 e. The predicted octanol–water partition coefficient (Wildman–Crippen LogP) is 5.49. The van der Waals surface area contributed by atoms with Crippen molar-refractivity contribution < 1.29 is 0 Å². The molecule has 118 valence electrons. The second-order valence-corrected chi connectivity index (χ2v) is 7.95. The highest BCUT2D eigenvalue weighted by Gasteiger charge is 2.33. The van der Waals surface area contributed by atoms with E-state index >= 15 is 0 Å². The maximum atomic E-state index is 2.77. The molecule has 0 aliphatic heterocycles. The van der Waals surface area contributed by atoms with Crippen LogP contribution in [0.3, 0.4) is 0 Å². The second kappa shape index (κ2) is 8.41. The average Bonchev–Trinajstić information content (AvgIpc) is 2.48. The van der Waals surface area contributed by atoms with Crippen molar-refractivity contribution in [2.24, 2.45) is 17.8 Å². The summed E-state index contributed by atoms with van der Waals surface area (Å²) in [4.78, 5) is 2.77. The largest absolute Gasteiger partial charge is 0.303 e. The van der Waals surface area contributed by atoms with E-state index in [4.69, 9.17) is 0 Å². The Kier molecular flexibility index (Phi) is 6.87. The summed E-state index contributed by atoms with van der Waals surface area (Å²) in [5.74, 6) is 2.85. The molecular formula is C19H37N. The van der Waals surface area contributed by atoms with Crippen LogP contribution in [0.2, 0.25) is 0 Å². The van der Waals surface area contributed by atoms with E-state index in [-0.39, 0.29) is 0 Å². The van der Waals surface area contributed by atoms with Gasteiger partial charge in [-0.15, -0.1) is 0 Å². The molecule has 20 heavy (non-hydrogen) atoms. The molecule has 2 aliphatic rings. The van der Waals surface area contributed by atoms with Crippen molar-refractivity contribution in [2.45, 2.75) is 90.5 Å². The summed E-state index contributed by atoms with van der Waals surface area (Å²) in [6, 6.07) is 0.898. The Bertz CT molecular complexity index is 230. The molecule has 0 N–H and O–H groups in total. The summed E-state index contributed by atoms with van der Waals surface area (Å²) in [5.41, 5.74) is 0. The van der Waals surface area contributed by atoms with Crippen molar-refractivity contribution in [3.05, 3.63) is 0 Å². The minimum atomic E-state index is 0.843. The van der Waals surface area contributed by atoms with Gasteiger partial charge in [0.1, 0.15) is 0 Å². The monoisotopic (exact) mass is 279 g/mol. The summed E-state index contributed by atoms with van der Waals surface area (Å²) in [5, 5.41) is 0. The Hall–Kier alpha value is -0.0400. The number of hydrogen-bond acceptors (Lipinski definition) is 1. The molecule has 0 spiro atoms. The van der Waals surface area contributed by atoms with E-state index in [0.717, 1.165) is 23.8 Å². The molecule has 0 aromatic heterocycles. The van der Waals surface area contributed by atoms with Crippen LogP contribution in [0, 0.1) is 17.8 Å². The van der Waals surface area contributed by atoms with Gasteiger partial charge in [0, 0.05) is 6.04 Å². The smallest absolute Gasteiger partial charge is 0.0149 e. The molecule has 1 nitrogen and oxygen atoms in total. The molecule has 2 saturated carbocycles. The highest BCUT2D eigenvalue weighted by atomic mass is 15.1. The first-order valence-corrected chi connectivity index (χ1v) is 9.38. The number of rotatable bonds is 6. The SMILES string of the molecule is CC(C)CCN(C)C(C1CCCCC1)C1CCCCC1. The van der Waals surface area contributed by atoms with Gasteiger partial charge in [-0.25, -0.2) is 0 Å². The van der Waals surface area contributed by atoms with Gasteiger partial charge in [-0.2, -0.15) is 0 Å². The zero-order valence-corrected chi connectivity index (χ0v) is 14.2.